The molecule has 1 saturated carbocycles. The second kappa shape index (κ2) is 3.53. The van der Waals surface area contributed by atoms with E-state index in [0.29, 0.717) is 12.1 Å². The zero-order valence-electron chi connectivity index (χ0n) is 9.82. The highest BCUT2D eigenvalue weighted by Crippen LogP contribution is 2.41. The Morgan fingerprint density at radius 3 is 2.59 bits per heavy atom. The highest BCUT2D eigenvalue weighted by molar-refractivity contribution is 5.80. The van der Waals surface area contributed by atoms with Gasteiger partial charge >= 0.3 is 0 Å². The number of halogens is 2. The number of hydrogen-bond donors (Lipinski definition) is 0. The summed E-state index contributed by atoms with van der Waals surface area (Å²) < 4.78 is 28.4. The third kappa shape index (κ3) is 1.63. The van der Waals surface area contributed by atoms with Gasteiger partial charge in [-0.1, -0.05) is 0 Å². The fraction of sp³-hybridized carbons (Fsp3) is 0.385. The van der Waals surface area contributed by atoms with E-state index in [1.54, 1.807) is 0 Å². The molecule has 3 rings (SSSR count). The molecule has 2 nitrogen and oxygen atoms in total. The van der Waals surface area contributed by atoms with Crippen molar-refractivity contribution in [2.24, 2.45) is 0 Å². The van der Waals surface area contributed by atoms with Gasteiger partial charge < -0.3 is 9.47 Å². The van der Waals surface area contributed by atoms with Gasteiger partial charge in [-0.2, -0.15) is 0 Å². The Labute approximate surface area is 98.4 Å². The normalized spacial score (nSPS) is 23.6. The van der Waals surface area contributed by atoms with Crippen LogP contribution in [0, 0.1) is 11.6 Å². The summed E-state index contributed by atoms with van der Waals surface area (Å²) >= 11 is 0. The molecular formula is C13H14F2N2. The largest absolute Gasteiger partial charge is 0.343 e. The highest BCUT2D eigenvalue weighted by Gasteiger charge is 2.40. The van der Waals surface area contributed by atoms with Crippen molar-refractivity contribution in [1.82, 2.24) is 9.47 Å². The topological polar surface area (TPSA) is 8.17 Å². The van der Waals surface area contributed by atoms with Crippen LogP contribution in [0.2, 0.25) is 0 Å². The Hall–Kier alpha value is -1.42. The molecule has 1 aliphatic carbocycles. The van der Waals surface area contributed by atoms with E-state index < -0.39 is 11.6 Å². The minimum atomic E-state index is -0.782. The van der Waals surface area contributed by atoms with E-state index in [0.717, 1.165) is 17.3 Å². The van der Waals surface area contributed by atoms with Crippen molar-refractivity contribution >= 4 is 10.9 Å². The van der Waals surface area contributed by atoms with Crippen molar-refractivity contribution < 1.29 is 8.78 Å². The van der Waals surface area contributed by atoms with Crippen molar-refractivity contribution in [3.8, 4) is 0 Å². The predicted octanol–water partition coefficient (Wildman–Crippen LogP) is 2.79. The maximum atomic E-state index is 13.2. The zero-order chi connectivity index (χ0) is 12.2. The molecule has 90 valence electrons. The lowest BCUT2D eigenvalue weighted by Gasteiger charge is -2.10. The Morgan fingerprint density at radius 1 is 1.24 bits per heavy atom. The minimum Gasteiger partial charge on any atom is -0.343 e. The first kappa shape index (κ1) is 10.7. The average Bonchev–Trinajstić information content (AvgIpc) is 2.97. The summed E-state index contributed by atoms with van der Waals surface area (Å²) in [6, 6.07) is 5.26. The fourth-order valence-electron chi connectivity index (χ4n) is 2.46. The molecule has 1 fully saturated rings. The Morgan fingerprint density at radius 2 is 1.94 bits per heavy atom. The number of likely N-dealkylation sites (N-methyl/N-ethyl adjacent to an activating group) is 1. The van der Waals surface area contributed by atoms with Crippen LogP contribution in [0.5, 0.6) is 0 Å². The summed E-state index contributed by atoms with van der Waals surface area (Å²) in [7, 11) is 4.08. The van der Waals surface area contributed by atoms with Crippen LogP contribution in [-0.4, -0.2) is 29.6 Å². The molecule has 1 aromatic heterocycles. The molecule has 0 spiro atoms. The van der Waals surface area contributed by atoms with Crippen molar-refractivity contribution in [3.05, 3.63) is 36.0 Å². The number of nitrogens with zero attached hydrogens (tertiary/aromatic N) is 2. The summed E-state index contributed by atoms with van der Waals surface area (Å²) in [4.78, 5) is 2.16. The monoisotopic (exact) mass is 236 g/mol. The zero-order valence-corrected chi connectivity index (χ0v) is 9.82. The molecule has 1 heterocycles. The van der Waals surface area contributed by atoms with E-state index >= 15 is 0 Å². The molecule has 0 aliphatic heterocycles. The lowest BCUT2D eigenvalue weighted by Crippen LogP contribution is -2.17. The molecule has 0 radical (unpaired) electrons. The standard InChI is InChI=1S/C13H14F2N2/c1-16(2)12-7-13(12)17-4-3-8-5-9(14)10(15)6-11(8)17/h3-6,12-13H,7H2,1-2H3. The molecule has 17 heavy (non-hydrogen) atoms. The van der Waals surface area contributed by atoms with Crippen LogP contribution in [0.15, 0.2) is 24.4 Å². The van der Waals surface area contributed by atoms with E-state index in [1.807, 2.05) is 30.9 Å². The smallest absolute Gasteiger partial charge is 0.160 e. The van der Waals surface area contributed by atoms with Crippen LogP contribution in [0.25, 0.3) is 10.9 Å². The fourth-order valence-corrected chi connectivity index (χ4v) is 2.46. The quantitative estimate of drug-likeness (QED) is 0.778. The van der Waals surface area contributed by atoms with Crippen LogP contribution >= 0.6 is 0 Å². The third-order valence-electron chi connectivity index (χ3n) is 3.51. The molecule has 1 aromatic carbocycles. The van der Waals surface area contributed by atoms with Crippen molar-refractivity contribution in [2.45, 2.75) is 18.5 Å². The number of aromatic nitrogens is 1. The Bertz CT molecular complexity index is 574. The molecule has 2 atom stereocenters. The van der Waals surface area contributed by atoms with Gasteiger partial charge in [0.1, 0.15) is 0 Å². The SMILES string of the molecule is CN(C)C1CC1n1ccc2cc(F)c(F)cc21. The lowest BCUT2D eigenvalue weighted by atomic mass is 10.2. The number of hydrogen-bond acceptors (Lipinski definition) is 1. The first-order chi connectivity index (χ1) is 8.08. The molecule has 2 aromatic rings. The predicted molar refractivity (Wildman–Crippen MR) is 63.0 cm³/mol. The van der Waals surface area contributed by atoms with Crippen LogP contribution < -0.4 is 0 Å². The first-order valence-electron chi connectivity index (χ1n) is 5.70. The van der Waals surface area contributed by atoms with E-state index in [4.69, 9.17) is 0 Å². The van der Waals surface area contributed by atoms with Gasteiger partial charge in [0.2, 0.25) is 0 Å². The summed E-state index contributed by atoms with van der Waals surface area (Å²) in [5.41, 5.74) is 0.776. The van der Waals surface area contributed by atoms with E-state index in [-0.39, 0.29) is 0 Å². The Kier molecular flexibility index (Phi) is 2.23. The molecule has 0 saturated heterocycles. The second-order valence-electron chi connectivity index (χ2n) is 4.88. The van der Waals surface area contributed by atoms with Crippen molar-refractivity contribution in [1.29, 1.82) is 0 Å². The van der Waals surface area contributed by atoms with Crippen LogP contribution in [0.1, 0.15) is 12.5 Å². The van der Waals surface area contributed by atoms with Crippen LogP contribution in [0.3, 0.4) is 0 Å². The highest BCUT2D eigenvalue weighted by atomic mass is 19.2. The Balaban J connectivity index is 2.04. The molecule has 1 aliphatic rings. The number of benzene rings is 1. The van der Waals surface area contributed by atoms with Gasteiger partial charge in [0.05, 0.1) is 11.6 Å². The molecule has 2 unspecified atom stereocenters. The van der Waals surface area contributed by atoms with Crippen LogP contribution in [0.4, 0.5) is 8.78 Å². The van der Waals surface area contributed by atoms with Gasteiger partial charge in [0.25, 0.3) is 0 Å². The van der Waals surface area contributed by atoms with Gasteiger partial charge in [-0.15, -0.1) is 0 Å². The van der Waals surface area contributed by atoms with Gasteiger partial charge in [-0.05, 0) is 32.6 Å². The van der Waals surface area contributed by atoms with E-state index in [1.165, 1.54) is 12.1 Å². The number of fused-ring (bicyclic) bond motifs is 1. The summed E-state index contributed by atoms with van der Waals surface area (Å²) in [6.45, 7) is 0. The van der Waals surface area contributed by atoms with Gasteiger partial charge in [-0.25, -0.2) is 8.78 Å². The van der Waals surface area contributed by atoms with E-state index in [2.05, 4.69) is 4.90 Å². The maximum Gasteiger partial charge on any atom is 0.160 e. The molecular weight excluding hydrogens is 222 g/mol. The number of rotatable bonds is 2. The average molecular weight is 236 g/mol. The third-order valence-corrected chi connectivity index (χ3v) is 3.51. The maximum absolute atomic E-state index is 13.2. The second-order valence-corrected chi connectivity index (χ2v) is 4.88. The van der Waals surface area contributed by atoms with E-state index in [9.17, 15) is 8.78 Å². The summed E-state index contributed by atoms with van der Waals surface area (Å²) in [5, 5.41) is 0.758. The summed E-state index contributed by atoms with van der Waals surface area (Å²) in [5.74, 6) is -1.56. The van der Waals surface area contributed by atoms with Gasteiger partial charge in [0, 0.05) is 23.7 Å². The van der Waals surface area contributed by atoms with Crippen LogP contribution in [-0.2, 0) is 0 Å². The molecule has 4 heteroatoms. The van der Waals surface area contributed by atoms with Gasteiger partial charge in [-0.3, -0.25) is 0 Å². The lowest BCUT2D eigenvalue weighted by molar-refractivity contribution is 0.377. The minimum absolute atomic E-state index is 0.382. The van der Waals surface area contributed by atoms with Crippen molar-refractivity contribution in [3.63, 3.8) is 0 Å². The van der Waals surface area contributed by atoms with Crippen molar-refractivity contribution in [2.75, 3.05) is 14.1 Å². The molecule has 0 N–H and O–H groups in total. The molecule has 0 amide bonds. The van der Waals surface area contributed by atoms with Gasteiger partial charge in [0.15, 0.2) is 11.6 Å². The summed E-state index contributed by atoms with van der Waals surface area (Å²) in [6.07, 6.45) is 2.98. The first-order valence-corrected chi connectivity index (χ1v) is 5.70. The molecule has 0 bridgehead atoms.